The fourth-order valence-electron chi connectivity index (χ4n) is 2.50. The van der Waals surface area contributed by atoms with Crippen LogP contribution < -0.4 is 14.9 Å². The number of rotatable bonds is 8. The van der Waals surface area contributed by atoms with Gasteiger partial charge in [-0.05, 0) is 43.8 Å². The summed E-state index contributed by atoms with van der Waals surface area (Å²) in [5.41, 5.74) is 0.873. The molecular formula is C19H25N3O3S. The van der Waals surface area contributed by atoms with Crippen molar-refractivity contribution in [3.05, 3.63) is 60.2 Å². The monoisotopic (exact) mass is 375 g/mol. The van der Waals surface area contributed by atoms with E-state index >= 15 is 0 Å². The highest BCUT2D eigenvalue weighted by Gasteiger charge is 2.22. The molecule has 2 rings (SSSR count). The zero-order valence-electron chi connectivity index (χ0n) is 15.3. The molecule has 0 aliphatic rings. The van der Waals surface area contributed by atoms with E-state index in [1.54, 1.807) is 36.4 Å². The van der Waals surface area contributed by atoms with E-state index in [1.807, 2.05) is 19.9 Å². The highest BCUT2D eigenvalue weighted by Crippen LogP contribution is 2.22. The average Bonchev–Trinajstić information content (AvgIpc) is 2.66. The van der Waals surface area contributed by atoms with Crippen molar-refractivity contribution in [1.29, 1.82) is 0 Å². The molecule has 0 saturated heterocycles. The lowest BCUT2D eigenvalue weighted by Gasteiger charge is -2.20. The number of para-hydroxylation sites is 1. The summed E-state index contributed by atoms with van der Waals surface area (Å²) < 4.78 is 26.9. The lowest BCUT2D eigenvalue weighted by Crippen LogP contribution is -2.38. The van der Waals surface area contributed by atoms with Crippen LogP contribution in [0, 0.1) is 0 Å². The van der Waals surface area contributed by atoms with Crippen molar-refractivity contribution in [3.63, 3.8) is 0 Å². The van der Waals surface area contributed by atoms with Gasteiger partial charge in [0.25, 0.3) is 15.9 Å². The number of carbonyl (C=O) groups excluding carboxylic acids is 1. The van der Waals surface area contributed by atoms with Crippen LogP contribution in [0.3, 0.4) is 0 Å². The first kappa shape index (κ1) is 19.9. The van der Waals surface area contributed by atoms with Gasteiger partial charge in [-0.25, -0.2) is 8.42 Å². The van der Waals surface area contributed by atoms with E-state index in [1.165, 1.54) is 23.5 Å². The Bertz CT molecular complexity index is 838. The third kappa shape index (κ3) is 4.83. The topological polar surface area (TPSA) is 78.5 Å². The molecule has 0 heterocycles. The highest BCUT2D eigenvalue weighted by atomic mass is 32.2. The molecular weight excluding hydrogens is 350 g/mol. The molecule has 0 fully saturated rings. The summed E-state index contributed by atoms with van der Waals surface area (Å²) >= 11 is 0. The molecule has 2 aromatic rings. The van der Waals surface area contributed by atoms with Crippen LogP contribution >= 0.6 is 0 Å². The molecule has 0 saturated carbocycles. The largest absolute Gasteiger partial charge is 0.350 e. The number of anilines is 1. The van der Waals surface area contributed by atoms with E-state index in [4.69, 9.17) is 0 Å². The standard InChI is InChI=1S/C19H25N3O3S/c1-4-20-15(2)14-21-19(23)16-9-8-12-18(13-16)26(24,25)22(3)17-10-6-5-7-11-17/h5-13,15,20H,4,14H2,1-3H3,(H,21,23)/t15-/m1/s1. The predicted octanol–water partition coefficient (Wildman–Crippen LogP) is 2.24. The van der Waals surface area contributed by atoms with Gasteiger partial charge >= 0.3 is 0 Å². The highest BCUT2D eigenvalue weighted by molar-refractivity contribution is 7.92. The normalized spacial score (nSPS) is 12.4. The summed E-state index contributed by atoms with van der Waals surface area (Å²) in [6.07, 6.45) is 0. The van der Waals surface area contributed by atoms with Gasteiger partial charge in [0.05, 0.1) is 10.6 Å². The van der Waals surface area contributed by atoms with Crippen molar-refractivity contribution in [1.82, 2.24) is 10.6 Å². The van der Waals surface area contributed by atoms with Crippen LogP contribution in [0.25, 0.3) is 0 Å². The van der Waals surface area contributed by atoms with E-state index in [0.29, 0.717) is 17.8 Å². The Morgan fingerprint density at radius 3 is 2.46 bits per heavy atom. The van der Waals surface area contributed by atoms with Gasteiger partial charge in [0.1, 0.15) is 0 Å². The van der Waals surface area contributed by atoms with Crippen LogP contribution in [0.5, 0.6) is 0 Å². The molecule has 6 nitrogen and oxygen atoms in total. The van der Waals surface area contributed by atoms with Crippen molar-refractivity contribution < 1.29 is 13.2 Å². The molecule has 140 valence electrons. The summed E-state index contributed by atoms with van der Waals surface area (Å²) in [4.78, 5) is 12.4. The third-order valence-electron chi connectivity index (χ3n) is 4.00. The zero-order chi connectivity index (χ0) is 19.2. The van der Waals surface area contributed by atoms with Gasteiger partial charge in [0, 0.05) is 25.2 Å². The second-order valence-corrected chi connectivity index (χ2v) is 7.97. The van der Waals surface area contributed by atoms with E-state index in [-0.39, 0.29) is 16.8 Å². The van der Waals surface area contributed by atoms with Crippen LogP contribution in [0.15, 0.2) is 59.5 Å². The Morgan fingerprint density at radius 1 is 1.12 bits per heavy atom. The number of carbonyl (C=O) groups is 1. The minimum Gasteiger partial charge on any atom is -0.350 e. The predicted molar refractivity (Wildman–Crippen MR) is 104 cm³/mol. The van der Waals surface area contributed by atoms with Gasteiger partial charge in [-0.3, -0.25) is 9.10 Å². The smallest absolute Gasteiger partial charge is 0.264 e. The van der Waals surface area contributed by atoms with Gasteiger partial charge in [0.15, 0.2) is 0 Å². The molecule has 2 aromatic carbocycles. The molecule has 0 radical (unpaired) electrons. The van der Waals surface area contributed by atoms with E-state index in [9.17, 15) is 13.2 Å². The summed E-state index contributed by atoms with van der Waals surface area (Å²) in [5.74, 6) is -0.297. The van der Waals surface area contributed by atoms with Crippen molar-refractivity contribution in [2.75, 3.05) is 24.4 Å². The molecule has 1 atom stereocenters. The van der Waals surface area contributed by atoms with Crippen molar-refractivity contribution in [2.24, 2.45) is 0 Å². The summed E-state index contributed by atoms with van der Waals surface area (Å²) in [6, 6.07) is 15.0. The molecule has 0 aliphatic carbocycles. The molecule has 2 N–H and O–H groups in total. The van der Waals surface area contributed by atoms with Crippen molar-refractivity contribution in [3.8, 4) is 0 Å². The van der Waals surface area contributed by atoms with Gasteiger partial charge < -0.3 is 10.6 Å². The Morgan fingerprint density at radius 2 is 1.81 bits per heavy atom. The lowest BCUT2D eigenvalue weighted by atomic mass is 10.2. The molecule has 0 bridgehead atoms. The molecule has 0 aliphatic heterocycles. The van der Waals surface area contributed by atoms with Gasteiger partial charge in [-0.1, -0.05) is 31.2 Å². The number of hydrogen-bond acceptors (Lipinski definition) is 4. The Labute approximate surface area is 155 Å². The fourth-order valence-corrected chi connectivity index (χ4v) is 3.74. The first-order valence-corrected chi connectivity index (χ1v) is 9.96. The second kappa shape index (κ2) is 8.82. The van der Waals surface area contributed by atoms with Gasteiger partial charge in [-0.15, -0.1) is 0 Å². The van der Waals surface area contributed by atoms with E-state index in [0.717, 1.165) is 6.54 Å². The number of nitrogens with zero attached hydrogens (tertiary/aromatic N) is 1. The average molecular weight is 375 g/mol. The number of nitrogens with one attached hydrogen (secondary N) is 2. The number of hydrogen-bond donors (Lipinski definition) is 2. The number of amides is 1. The summed E-state index contributed by atoms with van der Waals surface area (Å²) in [7, 11) is -2.25. The molecule has 26 heavy (non-hydrogen) atoms. The Hall–Kier alpha value is -2.38. The fraction of sp³-hybridized carbons (Fsp3) is 0.316. The maximum Gasteiger partial charge on any atom is 0.264 e. The van der Waals surface area contributed by atoms with Crippen molar-refractivity contribution in [2.45, 2.75) is 24.8 Å². The van der Waals surface area contributed by atoms with Crippen molar-refractivity contribution >= 4 is 21.6 Å². The van der Waals surface area contributed by atoms with Crippen LogP contribution in [0.4, 0.5) is 5.69 Å². The summed E-state index contributed by atoms with van der Waals surface area (Å²) in [5, 5.41) is 6.02. The first-order chi connectivity index (χ1) is 12.4. The van der Waals surface area contributed by atoms with Crippen LogP contribution in [0.1, 0.15) is 24.2 Å². The SMILES string of the molecule is CCN[C@H](C)CNC(=O)c1cccc(S(=O)(=O)N(C)c2ccccc2)c1. The van der Waals surface area contributed by atoms with E-state index in [2.05, 4.69) is 10.6 Å². The molecule has 0 aromatic heterocycles. The number of sulfonamides is 1. The maximum absolute atomic E-state index is 12.8. The lowest BCUT2D eigenvalue weighted by molar-refractivity contribution is 0.0950. The minimum atomic E-state index is -3.75. The molecule has 0 spiro atoms. The van der Waals surface area contributed by atoms with Gasteiger partial charge in [-0.2, -0.15) is 0 Å². The quantitative estimate of drug-likeness (QED) is 0.742. The third-order valence-corrected chi connectivity index (χ3v) is 5.78. The molecule has 1 amide bonds. The Balaban J connectivity index is 2.18. The van der Waals surface area contributed by atoms with Crippen LogP contribution in [0.2, 0.25) is 0 Å². The van der Waals surface area contributed by atoms with Crippen LogP contribution in [-0.4, -0.2) is 40.5 Å². The minimum absolute atomic E-state index is 0.0798. The first-order valence-electron chi connectivity index (χ1n) is 8.52. The molecule has 7 heteroatoms. The molecule has 0 unspecified atom stereocenters. The second-order valence-electron chi connectivity index (χ2n) is 6.00. The van der Waals surface area contributed by atoms with E-state index < -0.39 is 10.0 Å². The van der Waals surface area contributed by atoms with Gasteiger partial charge in [0.2, 0.25) is 0 Å². The maximum atomic E-state index is 12.8. The number of benzene rings is 2. The Kier molecular flexibility index (Phi) is 6.76. The van der Waals surface area contributed by atoms with Crippen LogP contribution in [-0.2, 0) is 10.0 Å². The zero-order valence-corrected chi connectivity index (χ0v) is 16.1. The number of likely N-dealkylation sites (N-methyl/N-ethyl adjacent to an activating group) is 1. The summed E-state index contributed by atoms with van der Waals surface area (Å²) in [6.45, 7) is 5.25.